The van der Waals surface area contributed by atoms with Crippen molar-refractivity contribution < 1.29 is 9.90 Å². The number of hydrogen-bond acceptors (Lipinski definition) is 5. The van der Waals surface area contributed by atoms with Crippen LogP contribution < -0.4 is 10.2 Å². The fraction of sp³-hybridized carbons (Fsp3) is 0.429. The zero-order valence-electron chi connectivity index (χ0n) is 12.4. The minimum absolute atomic E-state index is 0.0684. The Labute approximate surface area is 128 Å². The zero-order valence-corrected chi connectivity index (χ0v) is 13.2. The molecule has 0 aromatic carbocycles. The second kappa shape index (κ2) is 6.73. The highest BCUT2D eigenvalue weighted by atomic mass is 32.1. The molecule has 21 heavy (non-hydrogen) atoms. The number of nitrogens with zero attached hydrogens (tertiary/aromatic N) is 3. The molecule has 0 aliphatic carbocycles. The summed E-state index contributed by atoms with van der Waals surface area (Å²) in [4.78, 5) is 18.3. The number of thiophene rings is 1. The maximum absolute atomic E-state index is 11.0. The standard InChI is InChI=1S/C14H20N4O2S/c1-17(2)14-16-9-10(18(14)3)8-15-11(7-13(19)20)12-5-4-6-21-12/h4-6,9,11,15H,7-8H2,1-3H3,(H,19,20). The van der Waals surface area contributed by atoms with E-state index in [1.807, 2.05) is 54.3 Å². The maximum atomic E-state index is 11.0. The SMILES string of the molecule is CN(C)c1ncc(CNC(CC(=O)O)c2cccs2)n1C. The highest BCUT2D eigenvalue weighted by Crippen LogP contribution is 2.23. The van der Waals surface area contributed by atoms with Gasteiger partial charge in [-0.25, -0.2) is 4.98 Å². The van der Waals surface area contributed by atoms with Gasteiger partial charge in [0.15, 0.2) is 0 Å². The fourth-order valence-electron chi connectivity index (χ4n) is 2.18. The monoisotopic (exact) mass is 308 g/mol. The predicted octanol–water partition coefficient (Wildman–Crippen LogP) is 1.85. The van der Waals surface area contributed by atoms with E-state index in [1.165, 1.54) is 0 Å². The Balaban J connectivity index is 2.07. The summed E-state index contributed by atoms with van der Waals surface area (Å²) in [5.74, 6) is 0.0672. The van der Waals surface area contributed by atoms with E-state index in [1.54, 1.807) is 11.3 Å². The van der Waals surface area contributed by atoms with Crippen molar-refractivity contribution in [3.63, 3.8) is 0 Å². The summed E-state index contributed by atoms with van der Waals surface area (Å²) in [5.41, 5.74) is 1.02. The van der Waals surface area contributed by atoms with E-state index >= 15 is 0 Å². The molecule has 1 unspecified atom stereocenters. The summed E-state index contributed by atoms with van der Waals surface area (Å²) < 4.78 is 2.00. The van der Waals surface area contributed by atoms with Crippen molar-refractivity contribution in [2.75, 3.05) is 19.0 Å². The van der Waals surface area contributed by atoms with Gasteiger partial charge >= 0.3 is 5.97 Å². The van der Waals surface area contributed by atoms with Crippen molar-refractivity contribution in [2.45, 2.75) is 19.0 Å². The van der Waals surface area contributed by atoms with E-state index < -0.39 is 5.97 Å². The number of rotatable bonds is 7. The van der Waals surface area contributed by atoms with Crippen molar-refractivity contribution in [3.05, 3.63) is 34.3 Å². The lowest BCUT2D eigenvalue weighted by atomic mass is 10.1. The molecular weight excluding hydrogens is 288 g/mol. The van der Waals surface area contributed by atoms with Gasteiger partial charge in [0.1, 0.15) is 0 Å². The molecule has 2 heterocycles. The van der Waals surface area contributed by atoms with E-state index in [4.69, 9.17) is 5.11 Å². The van der Waals surface area contributed by atoms with Gasteiger partial charge in [-0.15, -0.1) is 11.3 Å². The number of nitrogens with one attached hydrogen (secondary N) is 1. The van der Waals surface area contributed by atoms with E-state index in [0.717, 1.165) is 16.5 Å². The highest BCUT2D eigenvalue weighted by molar-refractivity contribution is 7.10. The molecule has 0 saturated heterocycles. The van der Waals surface area contributed by atoms with E-state index in [9.17, 15) is 4.79 Å². The molecule has 0 fully saturated rings. The number of aliphatic carboxylic acids is 1. The average Bonchev–Trinajstić information content (AvgIpc) is 3.04. The van der Waals surface area contributed by atoms with Gasteiger partial charge in [-0.3, -0.25) is 4.79 Å². The quantitative estimate of drug-likeness (QED) is 0.817. The molecule has 0 aliphatic rings. The van der Waals surface area contributed by atoms with Crippen LogP contribution >= 0.6 is 11.3 Å². The normalized spacial score (nSPS) is 12.3. The third-order valence-corrected chi connectivity index (χ3v) is 4.24. The van der Waals surface area contributed by atoms with Crippen LogP contribution in [0, 0.1) is 0 Å². The van der Waals surface area contributed by atoms with Crippen molar-refractivity contribution in [3.8, 4) is 0 Å². The molecule has 0 spiro atoms. The van der Waals surface area contributed by atoms with E-state index in [-0.39, 0.29) is 12.5 Å². The maximum Gasteiger partial charge on any atom is 0.305 e. The van der Waals surface area contributed by atoms with Crippen LogP contribution in [0.4, 0.5) is 5.95 Å². The average molecular weight is 308 g/mol. The molecule has 7 heteroatoms. The van der Waals surface area contributed by atoms with Crippen LogP contribution in [0.5, 0.6) is 0 Å². The van der Waals surface area contributed by atoms with Gasteiger partial charge in [-0.2, -0.15) is 0 Å². The smallest absolute Gasteiger partial charge is 0.305 e. The van der Waals surface area contributed by atoms with Gasteiger partial charge < -0.3 is 19.9 Å². The van der Waals surface area contributed by atoms with Gasteiger partial charge in [0.2, 0.25) is 5.95 Å². The summed E-state index contributed by atoms with van der Waals surface area (Å²) in [5, 5.41) is 14.3. The fourth-order valence-corrected chi connectivity index (χ4v) is 2.98. The summed E-state index contributed by atoms with van der Waals surface area (Å²) in [6.45, 7) is 0.577. The molecule has 2 aromatic heterocycles. The number of carbonyl (C=O) groups is 1. The van der Waals surface area contributed by atoms with Gasteiger partial charge in [0.25, 0.3) is 0 Å². The van der Waals surface area contributed by atoms with Crippen LogP contribution in [-0.2, 0) is 18.4 Å². The molecule has 0 aliphatic heterocycles. The number of imidazole rings is 1. The Kier molecular flexibility index (Phi) is 4.98. The lowest BCUT2D eigenvalue weighted by Crippen LogP contribution is -2.24. The number of aromatic nitrogens is 2. The molecule has 6 nitrogen and oxygen atoms in total. The summed E-state index contributed by atoms with van der Waals surface area (Å²) in [6, 6.07) is 3.71. The lowest BCUT2D eigenvalue weighted by Gasteiger charge is -2.17. The first-order valence-electron chi connectivity index (χ1n) is 6.65. The molecule has 2 rings (SSSR count). The predicted molar refractivity (Wildman–Crippen MR) is 83.7 cm³/mol. The molecule has 1 atom stereocenters. The third kappa shape index (κ3) is 3.83. The number of hydrogen-bond donors (Lipinski definition) is 2. The highest BCUT2D eigenvalue weighted by Gasteiger charge is 2.17. The van der Waals surface area contributed by atoms with Crippen molar-refractivity contribution in [1.29, 1.82) is 0 Å². The van der Waals surface area contributed by atoms with Crippen LogP contribution in [0.15, 0.2) is 23.7 Å². The zero-order chi connectivity index (χ0) is 15.4. The molecule has 0 saturated carbocycles. The molecule has 114 valence electrons. The van der Waals surface area contributed by atoms with Crippen LogP contribution in [0.3, 0.4) is 0 Å². The Bertz CT molecular complexity index is 592. The summed E-state index contributed by atoms with van der Waals surface area (Å²) >= 11 is 1.57. The second-order valence-corrected chi connectivity index (χ2v) is 6.03. The number of carboxylic acids is 1. The van der Waals surface area contributed by atoms with Gasteiger partial charge in [0, 0.05) is 32.6 Å². The molecule has 0 amide bonds. The van der Waals surface area contributed by atoms with Crippen molar-refractivity contribution in [1.82, 2.24) is 14.9 Å². The Hall–Kier alpha value is -1.86. The minimum atomic E-state index is -0.806. The summed E-state index contributed by atoms with van der Waals surface area (Å²) in [6.07, 6.45) is 1.88. The van der Waals surface area contributed by atoms with Gasteiger partial charge in [-0.1, -0.05) is 6.07 Å². The Morgan fingerprint density at radius 3 is 2.86 bits per heavy atom. The topological polar surface area (TPSA) is 70.4 Å². The van der Waals surface area contributed by atoms with Gasteiger partial charge in [-0.05, 0) is 11.4 Å². The lowest BCUT2D eigenvalue weighted by molar-refractivity contribution is -0.137. The first kappa shape index (κ1) is 15.5. The number of anilines is 1. The number of carboxylic acid groups (broad SMARTS) is 1. The van der Waals surface area contributed by atoms with Gasteiger partial charge in [0.05, 0.1) is 24.4 Å². The molecular formula is C14H20N4O2S. The first-order valence-corrected chi connectivity index (χ1v) is 7.53. The second-order valence-electron chi connectivity index (χ2n) is 5.05. The van der Waals surface area contributed by atoms with Crippen LogP contribution in [0.2, 0.25) is 0 Å². The minimum Gasteiger partial charge on any atom is -0.481 e. The largest absolute Gasteiger partial charge is 0.481 e. The summed E-state index contributed by atoms with van der Waals surface area (Å²) in [7, 11) is 5.84. The van der Waals surface area contributed by atoms with Crippen molar-refractivity contribution >= 4 is 23.3 Å². The van der Waals surface area contributed by atoms with E-state index in [2.05, 4.69) is 10.3 Å². The molecule has 2 N–H and O–H groups in total. The van der Waals surface area contributed by atoms with Crippen LogP contribution in [0.25, 0.3) is 0 Å². The first-order chi connectivity index (χ1) is 9.99. The molecule has 2 aromatic rings. The Morgan fingerprint density at radius 2 is 2.33 bits per heavy atom. The molecule has 0 bridgehead atoms. The van der Waals surface area contributed by atoms with Crippen molar-refractivity contribution in [2.24, 2.45) is 7.05 Å². The molecule has 0 radical (unpaired) electrons. The Morgan fingerprint density at radius 1 is 1.57 bits per heavy atom. The third-order valence-electron chi connectivity index (χ3n) is 3.25. The van der Waals surface area contributed by atoms with Crippen LogP contribution in [0.1, 0.15) is 23.0 Å². The van der Waals surface area contributed by atoms with E-state index in [0.29, 0.717) is 6.54 Å². The van der Waals surface area contributed by atoms with Crippen LogP contribution in [-0.4, -0.2) is 34.7 Å².